The molecule has 1 unspecified atom stereocenters. The number of benzene rings is 1. The molecule has 0 fully saturated rings. The number of amides is 1. The molecule has 0 aliphatic heterocycles. The summed E-state index contributed by atoms with van der Waals surface area (Å²) >= 11 is 3.74. The van der Waals surface area contributed by atoms with Gasteiger partial charge >= 0.3 is 0 Å². The Kier molecular flexibility index (Phi) is 7.79. The van der Waals surface area contributed by atoms with Gasteiger partial charge in [-0.3, -0.25) is 4.79 Å². The third-order valence-electron chi connectivity index (χ3n) is 3.13. The van der Waals surface area contributed by atoms with E-state index in [4.69, 9.17) is 4.74 Å². The summed E-state index contributed by atoms with van der Waals surface area (Å²) in [6.45, 7) is 8.82. The maximum Gasteiger partial charge on any atom is 0.224 e. The molecule has 1 aromatic rings. The molecule has 1 atom stereocenters. The summed E-state index contributed by atoms with van der Waals surface area (Å²) in [6.07, 6.45) is 2.56. The summed E-state index contributed by atoms with van der Waals surface area (Å²) in [6, 6.07) is 6.02. The van der Waals surface area contributed by atoms with Gasteiger partial charge in [-0.1, -0.05) is 42.8 Å². The monoisotopic (exact) mass is 355 g/mol. The molecule has 1 amide bonds. The highest BCUT2D eigenvalue weighted by molar-refractivity contribution is 9.09. The normalized spacial score (nSPS) is 12.3. The molecule has 0 heterocycles. The van der Waals surface area contributed by atoms with Crippen molar-refractivity contribution in [2.75, 3.05) is 11.9 Å². The van der Waals surface area contributed by atoms with Crippen LogP contribution in [0.25, 0.3) is 0 Å². The second kappa shape index (κ2) is 9.08. The number of hydrogen-bond acceptors (Lipinski definition) is 2. The molecule has 0 aliphatic rings. The number of ether oxygens (including phenoxy) is 1. The Morgan fingerprint density at radius 1 is 1.33 bits per heavy atom. The van der Waals surface area contributed by atoms with Crippen LogP contribution in [-0.2, 0) is 11.2 Å². The van der Waals surface area contributed by atoms with Crippen LogP contribution < -0.4 is 10.1 Å². The SMILES string of the molecule is CCOc1cc(CC(Br)CC(C)C)ccc1NC(=O)CC. The smallest absolute Gasteiger partial charge is 0.224 e. The number of carbonyl (C=O) groups is 1. The van der Waals surface area contributed by atoms with Gasteiger partial charge in [-0.25, -0.2) is 0 Å². The molecule has 0 aliphatic carbocycles. The molecule has 0 radical (unpaired) electrons. The largest absolute Gasteiger partial charge is 0.492 e. The van der Waals surface area contributed by atoms with Gasteiger partial charge in [0.1, 0.15) is 5.75 Å². The quantitative estimate of drug-likeness (QED) is 0.681. The predicted octanol–water partition coefficient (Wildman–Crippen LogP) is 4.79. The van der Waals surface area contributed by atoms with Gasteiger partial charge in [0, 0.05) is 11.2 Å². The molecule has 0 aromatic heterocycles. The number of nitrogens with one attached hydrogen (secondary N) is 1. The molecule has 0 saturated carbocycles. The topological polar surface area (TPSA) is 38.3 Å². The van der Waals surface area contributed by atoms with Crippen LogP contribution in [0, 0.1) is 5.92 Å². The highest BCUT2D eigenvalue weighted by Gasteiger charge is 2.12. The molecular weight excluding hydrogens is 330 g/mol. The lowest BCUT2D eigenvalue weighted by atomic mass is 10.0. The number of anilines is 1. The van der Waals surface area contributed by atoms with Gasteiger partial charge in [0.15, 0.2) is 0 Å². The lowest BCUT2D eigenvalue weighted by Crippen LogP contribution is -2.12. The van der Waals surface area contributed by atoms with E-state index in [1.54, 1.807) is 0 Å². The van der Waals surface area contributed by atoms with E-state index in [2.05, 4.69) is 41.2 Å². The Balaban J connectivity index is 2.84. The maximum atomic E-state index is 11.5. The fraction of sp³-hybridized carbons (Fsp3) is 0.588. The number of hydrogen-bond donors (Lipinski definition) is 1. The molecule has 3 nitrogen and oxygen atoms in total. The Hall–Kier alpha value is -1.03. The maximum absolute atomic E-state index is 11.5. The highest BCUT2D eigenvalue weighted by Crippen LogP contribution is 2.28. The zero-order valence-corrected chi connectivity index (χ0v) is 15.0. The van der Waals surface area contributed by atoms with Gasteiger partial charge < -0.3 is 10.1 Å². The number of carbonyl (C=O) groups excluding carboxylic acids is 1. The number of rotatable bonds is 8. The van der Waals surface area contributed by atoms with Crippen LogP contribution in [0.1, 0.15) is 46.1 Å². The Labute approximate surface area is 136 Å². The molecule has 0 spiro atoms. The standard InChI is InChI=1S/C17H26BrNO2/c1-5-17(20)19-15-8-7-13(11-16(15)21-6-2)10-14(18)9-12(3)4/h7-8,11-12,14H,5-6,9-10H2,1-4H3,(H,19,20). The third kappa shape index (κ3) is 6.51. The van der Waals surface area contributed by atoms with E-state index in [1.807, 2.05) is 26.0 Å². The van der Waals surface area contributed by atoms with Crippen LogP contribution in [-0.4, -0.2) is 17.3 Å². The first kappa shape index (κ1) is 18.0. The van der Waals surface area contributed by atoms with Crippen LogP contribution in [0.2, 0.25) is 0 Å². The highest BCUT2D eigenvalue weighted by atomic mass is 79.9. The van der Waals surface area contributed by atoms with Crippen molar-refractivity contribution in [3.63, 3.8) is 0 Å². The van der Waals surface area contributed by atoms with Crippen molar-refractivity contribution in [2.45, 2.75) is 51.8 Å². The Morgan fingerprint density at radius 2 is 2.05 bits per heavy atom. The average molecular weight is 356 g/mol. The first-order valence-electron chi connectivity index (χ1n) is 7.65. The molecular formula is C17H26BrNO2. The average Bonchev–Trinajstić information content (AvgIpc) is 2.40. The van der Waals surface area contributed by atoms with Crippen molar-refractivity contribution in [3.8, 4) is 5.75 Å². The molecule has 21 heavy (non-hydrogen) atoms. The van der Waals surface area contributed by atoms with Gasteiger partial charge in [-0.15, -0.1) is 0 Å². The zero-order chi connectivity index (χ0) is 15.8. The lowest BCUT2D eigenvalue weighted by Gasteiger charge is -2.15. The van der Waals surface area contributed by atoms with Gasteiger partial charge in [0.05, 0.1) is 12.3 Å². The van der Waals surface area contributed by atoms with Crippen LogP contribution in [0.5, 0.6) is 5.75 Å². The second-order valence-corrected chi connectivity index (χ2v) is 6.89. The van der Waals surface area contributed by atoms with Crippen molar-refractivity contribution in [1.82, 2.24) is 0 Å². The van der Waals surface area contributed by atoms with E-state index in [1.165, 1.54) is 5.56 Å². The molecule has 1 aromatic carbocycles. The van der Waals surface area contributed by atoms with Crippen molar-refractivity contribution in [3.05, 3.63) is 23.8 Å². The lowest BCUT2D eigenvalue weighted by molar-refractivity contribution is -0.115. The number of halogens is 1. The fourth-order valence-electron chi connectivity index (χ4n) is 2.16. The first-order valence-corrected chi connectivity index (χ1v) is 8.57. The predicted molar refractivity (Wildman–Crippen MR) is 92.4 cm³/mol. The van der Waals surface area contributed by atoms with Gasteiger partial charge in [-0.05, 0) is 43.4 Å². The van der Waals surface area contributed by atoms with Crippen LogP contribution in [0.3, 0.4) is 0 Å². The minimum Gasteiger partial charge on any atom is -0.492 e. The van der Waals surface area contributed by atoms with E-state index < -0.39 is 0 Å². The third-order valence-corrected chi connectivity index (χ3v) is 3.82. The molecule has 1 rings (SSSR count). The summed E-state index contributed by atoms with van der Waals surface area (Å²) in [7, 11) is 0. The van der Waals surface area contributed by atoms with Gasteiger partial charge in [0.2, 0.25) is 5.91 Å². The van der Waals surface area contributed by atoms with Gasteiger partial charge in [0.25, 0.3) is 0 Å². The summed E-state index contributed by atoms with van der Waals surface area (Å²) in [5.74, 6) is 1.42. The molecule has 118 valence electrons. The summed E-state index contributed by atoms with van der Waals surface area (Å²) in [5, 5.41) is 2.88. The van der Waals surface area contributed by atoms with E-state index in [-0.39, 0.29) is 5.91 Å². The second-order valence-electron chi connectivity index (χ2n) is 5.60. The van der Waals surface area contributed by atoms with E-state index in [9.17, 15) is 4.79 Å². The van der Waals surface area contributed by atoms with Crippen LogP contribution in [0.15, 0.2) is 18.2 Å². The van der Waals surface area contributed by atoms with Crippen LogP contribution in [0.4, 0.5) is 5.69 Å². The van der Waals surface area contributed by atoms with E-state index in [0.717, 1.165) is 24.3 Å². The Bertz CT molecular complexity index is 460. The minimum atomic E-state index is 0.00174. The van der Waals surface area contributed by atoms with E-state index in [0.29, 0.717) is 23.8 Å². The van der Waals surface area contributed by atoms with Crippen molar-refractivity contribution in [2.24, 2.45) is 5.92 Å². The first-order chi connectivity index (χ1) is 9.96. The molecule has 4 heteroatoms. The molecule has 0 saturated heterocycles. The van der Waals surface area contributed by atoms with Crippen molar-refractivity contribution < 1.29 is 9.53 Å². The van der Waals surface area contributed by atoms with Crippen molar-refractivity contribution >= 4 is 27.5 Å². The summed E-state index contributed by atoms with van der Waals surface area (Å²) < 4.78 is 5.66. The van der Waals surface area contributed by atoms with Crippen molar-refractivity contribution in [1.29, 1.82) is 0 Å². The molecule has 1 N–H and O–H groups in total. The fourth-order valence-corrected chi connectivity index (χ4v) is 3.28. The minimum absolute atomic E-state index is 0.00174. The Morgan fingerprint density at radius 3 is 2.62 bits per heavy atom. The number of alkyl halides is 1. The van der Waals surface area contributed by atoms with Gasteiger partial charge in [-0.2, -0.15) is 0 Å². The summed E-state index contributed by atoms with van der Waals surface area (Å²) in [4.78, 5) is 12.0. The zero-order valence-electron chi connectivity index (χ0n) is 13.4. The van der Waals surface area contributed by atoms with Crippen LogP contribution >= 0.6 is 15.9 Å². The van der Waals surface area contributed by atoms with E-state index >= 15 is 0 Å². The summed E-state index contributed by atoms with van der Waals surface area (Å²) in [5.41, 5.74) is 1.97. The molecule has 0 bridgehead atoms.